The molecular weight excluding hydrogens is 320 g/mol. The van der Waals surface area contributed by atoms with Gasteiger partial charge in [0.25, 0.3) is 0 Å². The first kappa shape index (κ1) is 18.6. The number of carbonyl (C=O) groups is 1. The van der Waals surface area contributed by atoms with Crippen LogP contribution in [0.1, 0.15) is 26.3 Å². The minimum Gasteiger partial charge on any atom is -0.493 e. The fourth-order valence-electron chi connectivity index (χ4n) is 2.56. The van der Waals surface area contributed by atoms with E-state index in [9.17, 15) is 4.79 Å². The Balaban J connectivity index is 2.48. The van der Waals surface area contributed by atoms with E-state index in [2.05, 4.69) is 13.8 Å². The fraction of sp³-hybridized carbons (Fsp3) is 0.350. The number of ether oxygens (including phenoxy) is 3. The second-order valence-electron chi connectivity index (χ2n) is 6.58. The predicted octanol–water partition coefficient (Wildman–Crippen LogP) is 4.09. The van der Waals surface area contributed by atoms with Crippen LogP contribution >= 0.6 is 0 Å². The van der Waals surface area contributed by atoms with E-state index in [0.29, 0.717) is 23.7 Å². The second-order valence-corrected chi connectivity index (χ2v) is 6.58. The van der Waals surface area contributed by atoms with Crippen molar-refractivity contribution in [2.45, 2.75) is 20.8 Å². The molecule has 1 N–H and O–H groups in total. The van der Waals surface area contributed by atoms with Gasteiger partial charge in [-0.15, -0.1) is 0 Å². The lowest BCUT2D eigenvalue weighted by atomic mass is 9.84. The highest BCUT2D eigenvalue weighted by atomic mass is 16.5. The highest BCUT2D eigenvalue weighted by Crippen LogP contribution is 2.41. The first-order chi connectivity index (χ1) is 11.8. The van der Waals surface area contributed by atoms with Crippen molar-refractivity contribution in [3.05, 3.63) is 47.1 Å². The molecule has 0 spiro atoms. The molecule has 0 aliphatic carbocycles. The van der Waals surface area contributed by atoms with Crippen LogP contribution in [0, 0.1) is 5.41 Å². The van der Waals surface area contributed by atoms with Crippen molar-refractivity contribution < 1.29 is 24.1 Å². The molecule has 1 aromatic rings. The zero-order valence-electron chi connectivity index (χ0n) is 15.3. The monoisotopic (exact) mass is 344 g/mol. The number of hydrogen-bond acceptors (Lipinski definition) is 4. The average molecular weight is 344 g/mol. The summed E-state index contributed by atoms with van der Waals surface area (Å²) < 4.78 is 16.7. The summed E-state index contributed by atoms with van der Waals surface area (Å²) in [5, 5.41) is 8.84. The number of carboxylic acids is 1. The Kier molecular flexibility index (Phi) is 5.57. The van der Waals surface area contributed by atoms with Crippen LogP contribution < -0.4 is 14.2 Å². The lowest BCUT2D eigenvalue weighted by Gasteiger charge is -2.24. The van der Waals surface area contributed by atoms with Gasteiger partial charge in [0.15, 0.2) is 11.5 Å². The van der Waals surface area contributed by atoms with Gasteiger partial charge < -0.3 is 19.3 Å². The number of hydrogen-bond donors (Lipinski definition) is 1. The molecule has 0 radical (unpaired) electrons. The molecule has 5 heteroatoms. The molecule has 0 saturated heterocycles. The van der Waals surface area contributed by atoms with E-state index in [1.54, 1.807) is 27.2 Å². The molecule has 1 heterocycles. The molecule has 5 nitrogen and oxygen atoms in total. The second kappa shape index (κ2) is 7.47. The Morgan fingerprint density at radius 2 is 1.88 bits per heavy atom. The predicted molar refractivity (Wildman–Crippen MR) is 97.3 cm³/mol. The zero-order valence-corrected chi connectivity index (χ0v) is 15.3. The first-order valence-electron chi connectivity index (χ1n) is 7.97. The van der Waals surface area contributed by atoms with Crippen LogP contribution in [-0.2, 0) is 4.79 Å². The van der Waals surface area contributed by atoms with Gasteiger partial charge >= 0.3 is 5.97 Å². The SMILES string of the molecule is COc1cc2c(cc1OC)OCC(C)(C)C(/C=C/C(C)=C/C(=O)O)=C2. The Hall–Kier alpha value is -2.69. The van der Waals surface area contributed by atoms with Crippen LogP contribution in [0.2, 0.25) is 0 Å². The summed E-state index contributed by atoms with van der Waals surface area (Å²) in [7, 11) is 3.18. The molecule has 0 aromatic heterocycles. The van der Waals surface area contributed by atoms with Crippen LogP contribution in [0.5, 0.6) is 17.2 Å². The van der Waals surface area contributed by atoms with Gasteiger partial charge in [0.2, 0.25) is 0 Å². The van der Waals surface area contributed by atoms with E-state index >= 15 is 0 Å². The highest BCUT2D eigenvalue weighted by molar-refractivity contribution is 5.81. The summed E-state index contributed by atoms with van der Waals surface area (Å²) in [6.45, 7) is 6.42. The topological polar surface area (TPSA) is 65.0 Å². The molecule has 25 heavy (non-hydrogen) atoms. The number of fused-ring (bicyclic) bond motifs is 1. The highest BCUT2D eigenvalue weighted by Gasteiger charge is 2.27. The summed E-state index contributed by atoms with van der Waals surface area (Å²) in [6.07, 6.45) is 6.95. The van der Waals surface area contributed by atoms with Crippen molar-refractivity contribution in [1.29, 1.82) is 0 Å². The molecule has 1 aromatic carbocycles. The van der Waals surface area contributed by atoms with Gasteiger partial charge in [0.05, 0.1) is 20.8 Å². The third kappa shape index (κ3) is 4.44. The van der Waals surface area contributed by atoms with Crippen molar-refractivity contribution in [3.63, 3.8) is 0 Å². The maximum absolute atomic E-state index is 10.8. The number of methoxy groups -OCH3 is 2. The Morgan fingerprint density at radius 1 is 1.24 bits per heavy atom. The molecule has 1 aliphatic heterocycles. The van der Waals surface area contributed by atoms with Crippen LogP contribution in [0.3, 0.4) is 0 Å². The first-order valence-corrected chi connectivity index (χ1v) is 7.97. The Labute approximate surface area is 148 Å². The smallest absolute Gasteiger partial charge is 0.328 e. The number of benzene rings is 1. The van der Waals surface area contributed by atoms with Gasteiger partial charge in [-0.1, -0.05) is 26.0 Å². The maximum atomic E-state index is 10.8. The normalized spacial score (nSPS) is 16.5. The standard InChI is InChI=1S/C20H24O5/c1-13(8-19(21)22)6-7-15-9-14-10-17(23-4)18(24-5)11-16(14)25-12-20(15,2)3/h6-11H,12H2,1-5H3,(H,21,22)/b7-6+,13-8+. The molecule has 0 bridgehead atoms. The van der Waals surface area contributed by atoms with Crippen molar-refractivity contribution in [1.82, 2.24) is 0 Å². The summed E-state index contributed by atoms with van der Waals surface area (Å²) in [5.74, 6) is 1.02. The summed E-state index contributed by atoms with van der Waals surface area (Å²) >= 11 is 0. The maximum Gasteiger partial charge on any atom is 0.328 e. The van der Waals surface area contributed by atoms with Gasteiger partial charge in [-0.05, 0) is 30.2 Å². The molecule has 0 saturated carbocycles. The Morgan fingerprint density at radius 3 is 2.48 bits per heavy atom. The molecule has 1 aliphatic rings. The Bertz CT molecular complexity index is 754. The van der Waals surface area contributed by atoms with Crippen molar-refractivity contribution in [2.75, 3.05) is 20.8 Å². The molecule has 0 amide bonds. The summed E-state index contributed by atoms with van der Waals surface area (Å²) in [5.41, 5.74) is 2.36. The van der Waals surface area contributed by atoms with Crippen molar-refractivity contribution in [3.8, 4) is 17.2 Å². The van der Waals surface area contributed by atoms with E-state index in [1.807, 2.05) is 24.3 Å². The van der Waals surface area contributed by atoms with E-state index in [1.165, 1.54) is 6.08 Å². The molecule has 0 fully saturated rings. The van der Waals surface area contributed by atoms with Gasteiger partial charge in [-0.25, -0.2) is 4.79 Å². The van der Waals surface area contributed by atoms with E-state index in [-0.39, 0.29) is 5.41 Å². The van der Waals surface area contributed by atoms with Gasteiger partial charge in [0, 0.05) is 23.1 Å². The van der Waals surface area contributed by atoms with Gasteiger partial charge in [0.1, 0.15) is 5.75 Å². The minimum atomic E-state index is -0.957. The molecule has 0 atom stereocenters. The van der Waals surface area contributed by atoms with Crippen LogP contribution in [-0.4, -0.2) is 31.9 Å². The minimum absolute atomic E-state index is 0.237. The van der Waals surface area contributed by atoms with Gasteiger partial charge in [-0.2, -0.15) is 0 Å². The fourth-order valence-corrected chi connectivity index (χ4v) is 2.56. The summed E-state index contributed by atoms with van der Waals surface area (Å²) in [6, 6.07) is 3.70. The van der Waals surface area contributed by atoms with Crippen LogP contribution in [0.25, 0.3) is 6.08 Å². The van der Waals surface area contributed by atoms with E-state index in [0.717, 1.165) is 16.9 Å². The van der Waals surface area contributed by atoms with Gasteiger partial charge in [-0.3, -0.25) is 0 Å². The lowest BCUT2D eigenvalue weighted by Crippen LogP contribution is -2.21. The molecule has 0 unspecified atom stereocenters. The third-order valence-corrected chi connectivity index (χ3v) is 4.07. The molecule has 134 valence electrons. The molecule has 2 rings (SSSR count). The van der Waals surface area contributed by atoms with E-state index in [4.69, 9.17) is 19.3 Å². The zero-order chi connectivity index (χ0) is 18.6. The third-order valence-electron chi connectivity index (χ3n) is 4.07. The largest absolute Gasteiger partial charge is 0.493 e. The number of aliphatic carboxylic acids is 1. The number of carboxylic acid groups (broad SMARTS) is 1. The number of allylic oxidation sites excluding steroid dienone is 3. The lowest BCUT2D eigenvalue weighted by molar-refractivity contribution is -0.131. The van der Waals surface area contributed by atoms with Crippen molar-refractivity contribution >= 4 is 12.0 Å². The average Bonchev–Trinajstić information content (AvgIpc) is 2.67. The van der Waals surface area contributed by atoms with Crippen LogP contribution in [0.15, 0.2) is 41.5 Å². The number of rotatable bonds is 5. The molecular formula is C20H24O5. The van der Waals surface area contributed by atoms with Crippen molar-refractivity contribution in [2.24, 2.45) is 5.41 Å². The quantitative estimate of drug-likeness (QED) is 0.644. The van der Waals surface area contributed by atoms with E-state index < -0.39 is 5.97 Å². The summed E-state index contributed by atoms with van der Waals surface area (Å²) in [4.78, 5) is 10.8. The van der Waals surface area contributed by atoms with Crippen LogP contribution in [0.4, 0.5) is 0 Å².